The average molecular weight is 396 g/mol. The van der Waals surface area contributed by atoms with Crippen LogP contribution >= 0.6 is 11.3 Å². The van der Waals surface area contributed by atoms with E-state index in [9.17, 15) is 0 Å². The molecule has 0 amide bonds. The smallest absolute Gasteiger partial charge is 0.185 e. The molecule has 0 saturated heterocycles. The minimum Gasteiger partial charge on any atom is -0.372 e. The lowest BCUT2D eigenvalue weighted by Crippen LogP contribution is -2.21. The summed E-state index contributed by atoms with van der Waals surface area (Å²) in [4.78, 5) is 8.10. The molecule has 0 unspecified atom stereocenters. The third-order valence-electron chi connectivity index (χ3n) is 4.68. The number of hydrogen-bond donors (Lipinski definition) is 1. The molecule has 1 N–H and O–H groups in total. The second kappa shape index (κ2) is 11.0. The van der Waals surface area contributed by atoms with Crippen LogP contribution in [0, 0.1) is 0 Å². The van der Waals surface area contributed by atoms with Crippen molar-refractivity contribution in [1.29, 1.82) is 0 Å². The zero-order valence-corrected chi connectivity index (χ0v) is 17.5. The van der Waals surface area contributed by atoms with E-state index in [1.165, 1.54) is 21.6 Å². The molecular weight excluding hydrogens is 366 g/mol. The highest BCUT2D eigenvalue weighted by Crippen LogP contribution is 2.22. The lowest BCUT2D eigenvalue weighted by Gasteiger charge is -2.16. The van der Waals surface area contributed by atoms with Gasteiger partial charge in [0, 0.05) is 37.3 Å². The average Bonchev–Trinajstić information content (AvgIpc) is 3.19. The predicted molar refractivity (Wildman–Crippen MR) is 118 cm³/mol. The fourth-order valence-electron chi connectivity index (χ4n) is 3.06. The van der Waals surface area contributed by atoms with Gasteiger partial charge in [-0.25, -0.2) is 4.98 Å². The van der Waals surface area contributed by atoms with Crippen molar-refractivity contribution in [2.24, 2.45) is 0 Å². The first kappa shape index (κ1) is 20.5. The molecule has 2 aromatic carbocycles. The van der Waals surface area contributed by atoms with Crippen molar-refractivity contribution >= 4 is 16.5 Å². The van der Waals surface area contributed by atoms with Crippen LogP contribution in [0.15, 0.2) is 60.8 Å². The molecule has 0 spiro atoms. The number of nitrogens with zero attached hydrogens (tertiary/aromatic N) is 2. The van der Waals surface area contributed by atoms with Gasteiger partial charge in [0.2, 0.25) is 0 Å². The SMILES string of the molecule is CCN(CC)c1ncc(CNCc2ccccc2COCc2ccccc2)s1. The van der Waals surface area contributed by atoms with Crippen molar-refractivity contribution in [1.82, 2.24) is 10.3 Å². The quantitative estimate of drug-likeness (QED) is 0.496. The monoisotopic (exact) mass is 395 g/mol. The van der Waals surface area contributed by atoms with Gasteiger partial charge in [0.05, 0.1) is 13.2 Å². The molecule has 0 saturated carbocycles. The van der Waals surface area contributed by atoms with Crippen LogP contribution in [0.3, 0.4) is 0 Å². The number of anilines is 1. The fraction of sp³-hybridized carbons (Fsp3) is 0.348. The Hall–Kier alpha value is -2.21. The van der Waals surface area contributed by atoms with Crippen LogP contribution in [0.5, 0.6) is 0 Å². The van der Waals surface area contributed by atoms with Crippen LogP contribution in [0.2, 0.25) is 0 Å². The number of nitrogens with one attached hydrogen (secondary N) is 1. The zero-order valence-electron chi connectivity index (χ0n) is 16.7. The van der Waals surface area contributed by atoms with Crippen molar-refractivity contribution in [2.45, 2.75) is 40.2 Å². The summed E-state index contributed by atoms with van der Waals surface area (Å²) in [6.07, 6.45) is 1.99. The van der Waals surface area contributed by atoms with E-state index >= 15 is 0 Å². The molecule has 3 rings (SSSR count). The molecule has 1 heterocycles. The minimum atomic E-state index is 0.624. The van der Waals surface area contributed by atoms with Gasteiger partial charge in [0.15, 0.2) is 5.13 Å². The molecule has 0 atom stereocenters. The van der Waals surface area contributed by atoms with Gasteiger partial charge in [-0.05, 0) is 30.5 Å². The first-order chi connectivity index (χ1) is 13.8. The third-order valence-corrected chi connectivity index (χ3v) is 5.74. The van der Waals surface area contributed by atoms with Crippen LogP contribution in [0.1, 0.15) is 35.4 Å². The summed E-state index contributed by atoms with van der Waals surface area (Å²) >= 11 is 1.77. The maximum atomic E-state index is 5.92. The van der Waals surface area contributed by atoms with Gasteiger partial charge >= 0.3 is 0 Å². The second-order valence-corrected chi connectivity index (χ2v) is 7.73. The molecule has 4 nitrogen and oxygen atoms in total. The normalized spacial score (nSPS) is 10.9. The van der Waals surface area contributed by atoms with Gasteiger partial charge in [-0.15, -0.1) is 11.3 Å². The number of hydrogen-bond acceptors (Lipinski definition) is 5. The van der Waals surface area contributed by atoms with Gasteiger partial charge in [-0.2, -0.15) is 0 Å². The molecule has 0 aliphatic rings. The lowest BCUT2D eigenvalue weighted by atomic mass is 10.1. The lowest BCUT2D eigenvalue weighted by molar-refractivity contribution is 0.106. The molecule has 5 heteroatoms. The summed E-state index contributed by atoms with van der Waals surface area (Å²) in [6, 6.07) is 18.8. The van der Waals surface area contributed by atoms with E-state index in [2.05, 4.69) is 65.4 Å². The standard InChI is InChI=1S/C23H29N3OS/c1-3-26(4-2)23-25-16-22(28-23)15-24-14-20-12-8-9-13-21(20)18-27-17-19-10-6-5-7-11-19/h5-13,16,24H,3-4,14-15,17-18H2,1-2H3. The molecule has 0 aliphatic heterocycles. The highest BCUT2D eigenvalue weighted by molar-refractivity contribution is 7.15. The maximum Gasteiger partial charge on any atom is 0.185 e. The topological polar surface area (TPSA) is 37.4 Å². The summed E-state index contributed by atoms with van der Waals surface area (Å²) < 4.78 is 5.92. The molecule has 0 bridgehead atoms. The highest BCUT2D eigenvalue weighted by atomic mass is 32.1. The predicted octanol–water partition coefficient (Wildman–Crippen LogP) is 5.00. The first-order valence-corrected chi connectivity index (χ1v) is 10.7. The summed E-state index contributed by atoms with van der Waals surface area (Å²) in [7, 11) is 0. The van der Waals surface area contributed by atoms with E-state index in [1.54, 1.807) is 11.3 Å². The summed E-state index contributed by atoms with van der Waals surface area (Å²) in [5, 5.41) is 4.66. The molecule has 0 radical (unpaired) electrons. The molecule has 1 aromatic heterocycles. The van der Waals surface area contributed by atoms with E-state index < -0.39 is 0 Å². The number of aromatic nitrogens is 1. The Labute approximate surface area is 172 Å². The van der Waals surface area contributed by atoms with Crippen LogP contribution in [0.4, 0.5) is 5.13 Å². The number of ether oxygens (including phenoxy) is 1. The van der Waals surface area contributed by atoms with E-state index in [-0.39, 0.29) is 0 Å². The van der Waals surface area contributed by atoms with Crippen LogP contribution in [-0.4, -0.2) is 18.1 Å². The Kier molecular flexibility index (Phi) is 8.03. The largest absolute Gasteiger partial charge is 0.372 e. The Morgan fingerprint density at radius 2 is 1.61 bits per heavy atom. The Morgan fingerprint density at radius 1 is 0.893 bits per heavy atom. The van der Waals surface area contributed by atoms with Crippen molar-refractivity contribution < 1.29 is 4.74 Å². The Bertz CT molecular complexity index is 831. The Morgan fingerprint density at radius 3 is 2.36 bits per heavy atom. The molecule has 0 fully saturated rings. The first-order valence-electron chi connectivity index (χ1n) is 9.89. The van der Waals surface area contributed by atoms with Crippen molar-refractivity contribution in [3.63, 3.8) is 0 Å². The van der Waals surface area contributed by atoms with Crippen molar-refractivity contribution in [3.8, 4) is 0 Å². The van der Waals surface area contributed by atoms with E-state index in [0.29, 0.717) is 13.2 Å². The van der Waals surface area contributed by atoms with E-state index in [0.717, 1.165) is 31.3 Å². The molecule has 0 aliphatic carbocycles. The number of thiazole rings is 1. The fourth-order valence-corrected chi connectivity index (χ4v) is 4.07. The summed E-state index contributed by atoms with van der Waals surface area (Å²) in [5.41, 5.74) is 3.72. The number of benzene rings is 2. The molecule has 28 heavy (non-hydrogen) atoms. The van der Waals surface area contributed by atoms with Crippen LogP contribution < -0.4 is 10.2 Å². The maximum absolute atomic E-state index is 5.92. The zero-order chi connectivity index (χ0) is 19.6. The number of rotatable bonds is 11. The van der Waals surface area contributed by atoms with Gasteiger partial charge < -0.3 is 15.0 Å². The molecule has 3 aromatic rings. The van der Waals surface area contributed by atoms with Gasteiger partial charge in [-0.1, -0.05) is 54.6 Å². The van der Waals surface area contributed by atoms with E-state index in [4.69, 9.17) is 4.74 Å². The summed E-state index contributed by atoms with van der Waals surface area (Å²) in [5.74, 6) is 0. The van der Waals surface area contributed by atoms with Crippen LogP contribution in [0.25, 0.3) is 0 Å². The van der Waals surface area contributed by atoms with Crippen molar-refractivity contribution in [3.05, 3.63) is 82.4 Å². The van der Waals surface area contributed by atoms with Crippen molar-refractivity contribution in [2.75, 3.05) is 18.0 Å². The summed E-state index contributed by atoms with van der Waals surface area (Å²) in [6.45, 7) is 9.23. The van der Waals surface area contributed by atoms with Gasteiger partial charge in [0.1, 0.15) is 0 Å². The second-order valence-electron chi connectivity index (χ2n) is 6.63. The van der Waals surface area contributed by atoms with Gasteiger partial charge in [-0.3, -0.25) is 0 Å². The van der Waals surface area contributed by atoms with Crippen LogP contribution in [-0.2, 0) is 31.0 Å². The Balaban J connectivity index is 1.49. The minimum absolute atomic E-state index is 0.624. The van der Waals surface area contributed by atoms with Gasteiger partial charge in [0.25, 0.3) is 0 Å². The van der Waals surface area contributed by atoms with E-state index in [1.807, 2.05) is 24.4 Å². The third kappa shape index (κ3) is 5.89. The molecule has 148 valence electrons. The highest BCUT2D eigenvalue weighted by Gasteiger charge is 2.08. The molecular formula is C23H29N3OS.